The first-order valence-electron chi connectivity index (χ1n) is 10.2. The number of hydrogen-bond donors (Lipinski definition) is 0. The van der Waals surface area contributed by atoms with Crippen LogP contribution in [0.15, 0.2) is 72.8 Å². The summed E-state index contributed by atoms with van der Waals surface area (Å²) in [4.78, 5) is 30.6. The van der Waals surface area contributed by atoms with Crippen LogP contribution in [0.4, 0.5) is 0 Å². The number of aldehydes is 3. The second kappa shape index (κ2) is 15.1. The fraction of sp³-hybridized carbons (Fsp3) is 0.222. The molecule has 3 rings (SSSR count). The molecule has 0 saturated heterocycles. The van der Waals surface area contributed by atoms with Gasteiger partial charge in [0.15, 0.2) is 11.5 Å². The SMILES string of the molecule is CC(C)c1ccc(C=O)cc1.COc1ccc(C=O)cc1OC.O=CCc1ccccc1. The molecule has 0 aliphatic carbocycles. The van der Waals surface area contributed by atoms with Gasteiger partial charge in [0, 0.05) is 17.5 Å². The highest BCUT2D eigenvalue weighted by Crippen LogP contribution is 2.26. The molecule has 0 N–H and O–H groups in total. The van der Waals surface area contributed by atoms with E-state index in [4.69, 9.17) is 9.47 Å². The zero-order valence-electron chi connectivity index (χ0n) is 19.0. The number of benzene rings is 3. The van der Waals surface area contributed by atoms with Crippen molar-refractivity contribution in [1.82, 2.24) is 0 Å². The summed E-state index contributed by atoms with van der Waals surface area (Å²) in [6, 6.07) is 22.4. The highest BCUT2D eigenvalue weighted by atomic mass is 16.5. The van der Waals surface area contributed by atoms with E-state index in [0.717, 1.165) is 30.0 Å². The zero-order chi connectivity index (χ0) is 23.8. The van der Waals surface area contributed by atoms with Gasteiger partial charge in [0.25, 0.3) is 0 Å². The Kier molecular flexibility index (Phi) is 12.4. The first-order chi connectivity index (χ1) is 15.5. The summed E-state index contributed by atoms with van der Waals surface area (Å²) in [5.74, 6) is 1.74. The molecule has 32 heavy (non-hydrogen) atoms. The lowest BCUT2D eigenvalue weighted by molar-refractivity contribution is -0.107. The molecule has 0 aliphatic heterocycles. The first kappa shape index (κ1) is 26.3. The largest absolute Gasteiger partial charge is 0.493 e. The van der Waals surface area contributed by atoms with E-state index in [1.807, 2.05) is 54.6 Å². The molecule has 0 aliphatic rings. The number of rotatable bonds is 7. The quantitative estimate of drug-likeness (QED) is 0.455. The Morgan fingerprint density at radius 1 is 0.719 bits per heavy atom. The second-order valence-electron chi connectivity index (χ2n) is 7.03. The molecular formula is C27H30O5. The first-order valence-corrected chi connectivity index (χ1v) is 10.2. The summed E-state index contributed by atoms with van der Waals surface area (Å²) >= 11 is 0. The lowest BCUT2D eigenvalue weighted by Gasteiger charge is -2.06. The third-order valence-corrected chi connectivity index (χ3v) is 4.44. The number of carbonyl (C=O) groups is 3. The Morgan fingerprint density at radius 2 is 1.28 bits per heavy atom. The molecule has 3 aromatic carbocycles. The molecule has 0 radical (unpaired) electrons. The maximum Gasteiger partial charge on any atom is 0.161 e. The van der Waals surface area contributed by atoms with Gasteiger partial charge in [-0.1, -0.05) is 68.4 Å². The summed E-state index contributed by atoms with van der Waals surface area (Å²) < 4.78 is 9.99. The minimum atomic E-state index is 0.529. The molecule has 0 unspecified atom stereocenters. The van der Waals surface area contributed by atoms with Crippen molar-refractivity contribution >= 4 is 18.9 Å². The van der Waals surface area contributed by atoms with Crippen molar-refractivity contribution in [2.24, 2.45) is 0 Å². The van der Waals surface area contributed by atoms with E-state index in [2.05, 4.69) is 13.8 Å². The Bertz CT molecular complexity index is 948. The molecule has 3 aromatic rings. The average Bonchev–Trinajstić information content (AvgIpc) is 2.85. The Balaban J connectivity index is 0.000000242. The summed E-state index contributed by atoms with van der Waals surface area (Å²) in [5, 5.41) is 0. The van der Waals surface area contributed by atoms with Gasteiger partial charge < -0.3 is 14.3 Å². The van der Waals surface area contributed by atoms with Crippen molar-refractivity contribution in [3.8, 4) is 11.5 Å². The van der Waals surface area contributed by atoms with Crippen LogP contribution in [0.5, 0.6) is 11.5 Å². The van der Waals surface area contributed by atoms with Gasteiger partial charge in [-0.05, 0) is 35.2 Å². The van der Waals surface area contributed by atoms with Crippen LogP contribution >= 0.6 is 0 Å². The summed E-state index contributed by atoms with van der Waals surface area (Å²) in [6.07, 6.45) is 3.07. The molecule has 0 fully saturated rings. The highest BCUT2D eigenvalue weighted by molar-refractivity contribution is 5.76. The van der Waals surface area contributed by atoms with E-state index >= 15 is 0 Å². The van der Waals surface area contributed by atoms with E-state index in [-0.39, 0.29) is 0 Å². The van der Waals surface area contributed by atoms with Gasteiger partial charge in [-0.15, -0.1) is 0 Å². The van der Waals surface area contributed by atoms with Gasteiger partial charge in [-0.2, -0.15) is 0 Å². The Labute approximate surface area is 190 Å². The van der Waals surface area contributed by atoms with Crippen molar-refractivity contribution in [3.05, 3.63) is 95.1 Å². The van der Waals surface area contributed by atoms with Crippen LogP contribution in [0.3, 0.4) is 0 Å². The Hall–Kier alpha value is -3.73. The van der Waals surface area contributed by atoms with E-state index in [1.165, 1.54) is 12.7 Å². The molecule has 168 valence electrons. The third kappa shape index (κ3) is 9.39. The van der Waals surface area contributed by atoms with Gasteiger partial charge in [0.1, 0.15) is 18.9 Å². The number of ether oxygens (including phenoxy) is 2. The van der Waals surface area contributed by atoms with Gasteiger partial charge in [0.05, 0.1) is 14.2 Å². The summed E-state index contributed by atoms with van der Waals surface area (Å²) in [5.41, 5.74) is 3.67. The van der Waals surface area contributed by atoms with Crippen molar-refractivity contribution < 1.29 is 23.9 Å². The molecule has 5 nitrogen and oxygen atoms in total. The van der Waals surface area contributed by atoms with Crippen molar-refractivity contribution in [3.63, 3.8) is 0 Å². The minimum Gasteiger partial charge on any atom is -0.493 e. The topological polar surface area (TPSA) is 69.7 Å². The minimum absolute atomic E-state index is 0.529. The maximum absolute atomic E-state index is 10.4. The Morgan fingerprint density at radius 3 is 1.75 bits per heavy atom. The monoisotopic (exact) mass is 434 g/mol. The van der Waals surface area contributed by atoms with Crippen LogP contribution < -0.4 is 9.47 Å². The van der Waals surface area contributed by atoms with Crippen LogP contribution in [0, 0.1) is 0 Å². The molecule has 5 heteroatoms. The van der Waals surface area contributed by atoms with Crippen LogP contribution in [-0.4, -0.2) is 33.1 Å². The van der Waals surface area contributed by atoms with Gasteiger partial charge in [-0.25, -0.2) is 0 Å². The standard InChI is InChI=1S/C10H12O.C9H10O3.C8H8O/c1-8(2)10-5-3-9(7-11)4-6-10;1-11-8-4-3-7(6-10)5-9(8)12-2;9-7-6-8-4-2-1-3-5-8/h3-8H,1-2H3;3-6H,1-2H3;1-5,7H,6H2. The van der Waals surface area contributed by atoms with Crippen molar-refractivity contribution in [2.75, 3.05) is 14.2 Å². The fourth-order valence-electron chi connectivity index (χ4n) is 2.60. The number of carbonyl (C=O) groups excluding carboxylic acids is 3. The van der Waals surface area contributed by atoms with Crippen molar-refractivity contribution in [1.29, 1.82) is 0 Å². The van der Waals surface area contributed by atoms with Gasteiger partial charge >= 0.3 is 0 Å². The molecule has 0 spiro atoms. The molecule has 0 saturated carbocycles. The van der Waals surface area contributed by atoms with Crippen molar-refractivity contribution in [2.45, 2.75) is 26.2 Å². The molecular weight excluding hydrogens is 404 g/mol. The normalized spacial score (nSPS) is 9.41. The number of methoxy groups -OCH3 is 2. The predicted molar refractivity (Wildman–Crippen MR) is 127 cm³/mol. The third-order valence-electron chi connectivity index (χ3n) is 4.44. The summed E-state index contributed by atoms with van der Waals surface area (Å²) in [6.45, 7) is 4.27. The molecule has 0 atom stereocenters. The highest BCUT2D eigenvalue weighted by Gasteiger charge is 2.02. The fourth-order valence-corrected chi connectivity index (χ4v) is 2.60. The lowest BCUT2D eigenvalue weighted by atomic mass is 10.0. The lowest BCUT2D eigenvalue weighted by Crippen LogP contribution is -1.91. The van der Waals surface area contributed by atoms with Gasteiger partial charge in [0.2, 0.25) is 0 Å². The summed E-state index contributed by atoms with van der Waals surface area (Å²) in [7, 11) is 3.09. The van der Waals surface area contributed by atoms with Crippen LogP contribution in [0.1, 0.15) is 51.6 Å². The van der Waals surface area contributed by atoms with Crippen LogP contribution in [0.2, 0.25) is 0 Å². The smallest absolute Gasteiger partial charge is 0.161 e. The molecule has 0 aromatic heterocycles. The van der Waals surface area contributed by atoms with E-state index < -0.39 is 0 Å². The molecule has 0 heterocycles. The van der Waals surface area contributed by atoms with Gasteiger partial charge in [-0.3, -0.25) is 9.59 Å². The molecule has 0 amide bonds. The predicted octanol–water partition coefficient (Wildman–Crippen LogP) is 5.57. The molecule has 0 bridgehead atoms. The number of hydrogen-bond acceptors (Lipinski definition) is 5. The average molecular weight is 435 g/mol. The second-order valence-corrected chi connectivity index (χ2v) is 7.03. The zero-order valence-corrected chi connectivity index (χ0v) is 19.0. The van der Waals surface area contributed by atoms with E-state index in [9.17, 15) is 14.4 Å². The van der Waals surface area contributed by atoms with E-state index in [0.29, 0.717) is 29.4 Å². The maximum atomic E-state index is 10.4. The van der Waals surface area contributed by atoms with Crippen LogP contribution in [-0.2, 0) is 11.2 Å². The van der Waals surface area contributed by atoms with Crippen LogP contribution in [0.25, 0.3) is 0 Å². The van der Waals surface area contributed by atoms with E-state index in [1.54, 1.807) is 25.3 Å².